The van der Waals surface area contributed by atoms with Crippen molar-refractivity contribution in [2.24, 2.45) is 0 Å². The largest absolute Gasteiger partial charge is 0.389 e. The highest BCUT2D eigenvalue weighted by Gasteiger charge is 2.26. The number of nitrogens with zero attached hydrogens (tertiary/aromatic N) is 2. The molecule has 1 N–H and O–H groups in total. The lowest BCUT2D eigenvalue weighted by molar-refractivity contribution is 0.00233. The molecule has 4 nitrogen and oxygen atoms in total. The zero-order valence-corrected chi connectivity index (χ0v) is 14.1. The number of β-amino-alcohol motifs (C(OH)–C–C–N with tert-alkyl or cyclic N) is 1. The lowest BCUT2D eigenvalue weighted by atomic mass is 10.0. The van der Waals surface area contributed by atoms with Gasteiger partial charge in [-0.1, -0.05) is 30.3 Å². The van der Waals surface area contributed by atoms with Gasteiger partial charge in [-0.2, -0.15) is 0 Å². The molecule has 4 heteroatoms. The fraction of sp³-hybridized carbons (Fsp3) is 0.684. The molecule has 128 valence electrons. The van der Waals surface area contributed by atoms with Gasteiger partial charge in [0.25, 0.3) is 0 Å². The van der Waals surface area contributed by atoms with Crippen molar-refractivity contribution in [1.82, 2.24) is 9.80 Å². The highest BCUT2D eigenvalue weighted by molar-refractivity contribution is 5.13. The molecule has 2 heterocycles. The number of rotatable bonds is 7. The van der Waals surface area contributed by atoms with Gasteiger partial charge in [-0.3, -0.25) is 0 Å². The number of hydrogen-bond acceptors (Lipinski definition) is 4. The molecule has 0 amide bonds. The van der Waals surface area contributed by atoms with Gasteiger partial charge < -0.3 is 19.6 Å². The molecule has 0 aromatic heterocycles. The summed E-state index contributed by atoms with van der Waals surface area (Å²) in [4.78, 5) is 5.06. The standard InChI is InChI=1S/C19H30N2O2/c22-19(16-23-15-17-6-2-1-3-7-17)14-20-12-8-18(9-13-20)21-10-4-5-11-21/h1-3,6-7,18-19,22H,4-5,8-16H2. The molecule has 2 fully saturated rings. The lowest BCUT2D eigenvalue weighted by Gasteiger charge is -2.37. The third kappa shape index (κ3) is 5.28. The fourth-order valence-corrected chi connectivity index (χ4v) is 3.81. The first-order valence-corrected chi connectivity index (χ1v) is 9.07. The van der Waals surface area contributed by atoms with E-state index in [1.807, 2.05) is 18.2 Å². The average Bonchev–Trinajstić information content (AvgIpc) is 3.11. The van der Waals surface area contributed by atoms with E-state index in [0.717, 1.165) is 31.2 Å². The minimum Gasteiger partial charge on any atom is -0.389 e. The molecular formula is C19H30N2O2. The van der Waals surface area contributed by atoms with E-state index >= 15 is 0 Å². The first-order chi connectivity index (χ1) is 11.3. The van der Waals surface area contributed by atoms with Crippen LogP contribution < -0.4 is 0 Å². The van der Waals surface area contributed by atoms with Crippen molar-refractivity contribution < 1.29 is 9.84 Å². The number of ether oxygens (including phenoxy) is 1. The van der Waals surface area contributed by atoms with Crippen molar-refractivity contribution >= 4 is 0 Å². The van der Waals surface area contributed by atoms with Crippen LogP contribution in [0.3, 0.4) is 0 Å². The Hall–Kier alpha value is -0.940. The van der Waals surface area contributed by atoms with Crippen molar-refractivity contribution in [3.63, 3.8) is 0 Å². The Morgan fingerprint density at radius 2 is 1.74 bits per heavy atom. The molecule has 3 rings (SSSR count). The van der Waals surface area contributed by atoms with Gasteiger partial charge in [-0.15, -0.1) is 0 Å². The molecule has 1 aromatic rings. The maximum Gasteiger partial charge on any atom is 0.0900 e. The van der Waals surface area contributed by atoms with Crippen molar-refractivity contribution in [2.45, 2.75) is 44.4 Å². The van der Waals surface area contributed by atoms with Crippen molar-refractivity contribution in [3.05, 3.63) is 35.9 Å². The van der Waals surface area contributed by atoms with E-state index in [9.17, 15) is 5.11 Å². The van der Waals surface area contributed by atoms with Gasteiger partial charge in [-0.25, -0.2) is 0 Å². The van der Waals surface area contributed by atoms with Crippen LogP contribution in [0.25, 0.3) is 0 Å². The van der Waals surface area contributed by atoms with Gasteiger partial charge in [-0.05, 0) is 57.4 Å². The summed E-state index contributed by atoms with van der Waals surface area (Å²) in [7, 11) is 0. The molecule has 0 radical (unpaired) electrons. The Labute approximate surface area is 140 Å². The number of piperidine rings is 1. The van der Waals surface area contributed by atoms with Crippen LogP contribution in [0.2, 0.25) is 0 Å². The molecule has 23 heavy (non-hydrogen) atoms. The van der Waals surface area contributed by atoms with Crippen LogP contribution in [0.5, 0.6) is 0 Å². The molecule has 1 atom stereocenters. The third-order valence-electron chi connectivity index (χ3n) is 5.10. The van der Waals surface area contributed by atoms with Gasteiger partial charge in [0.15, 0.2) is 0 Å². The minimum atomic E-state index is -0.387. The molecule has 0 saturated carbocycles. The summed E-state index contributed by atoms with van der Waals surface area (Å²) in [5.74, 6) is 0. The number of aliphatic hydroxyl groups is 1. The predicted octanol–water partition coefficient (Wildman–Crippen LogP) is 2.12. The highest BCUT2D eigenvalue weighted by Crippen LogP contribution is 2.21. The summed E-state index contributed by atoms with van der Waals surface area (Å²) >= 11 is 0. The van der Waals surface area contributed by atoms with E-state index in [1.165, 1.54) is 38.8 Å². The second-order valence-corrected chi connectivity index (χ2v) is 6.93. The second kappa shape index (κ2) is 8.78. The summed E-state index contributed by atoms with van der Waals surface area (Å²) in [5.41, 5.74) is 1.16. The van der Waals surface area contributed by atoms with Gasteiger partial charge in [0.2, 0.25) is 0 Å². The summed E-state index contributed by atoms with van der Waals surface area (Å²) in [6, 6.07) is 10.9. The summed E-state index contributed by atoms with van der Waals surface area (Å²) in [6.07, 6.45) is 4.85. The van der Waals surface area contributed by atoms with Crippen LogP contribution >= 0.6 is 0 Å². The number of aliphatic hydroxyl groups excluding tert-OH is 1. The predicted molar refractivity (Wildman–Crippen MR) is 92.4 cm³/mol. The Balaban J connectivity index is 1.30. The van der Waals surface area contributed by atoms with Crippen LogP contribution in [0.15, 0.2) is 30.3 Å². The molecule has 2 aliphatic rings. The number of likely N-dealkylation sites (tertiary alicyclic amines) is 2. The van der Waals surface area contributed by atoms with Crippen LogP contribution in [0, 0.1) is 0 Å². The zero-order valence-electron chi connectivity index (χ0n) is 14.1. The highest BCUT2D eigenvalue weighted by atomic mass is 16.5. The van der Waals surface area contributed by atoms with Crippen LogP contribution in [-0.2, 0) is 11.3 Å². The quantitative estimate of drug-likeness (QED) is 0.835. The van der Waals surface area contributed by atoms with Crippen LogP contribution in [0.4, 0.5) is 0 Å². The van der Waals surface area contributed by atoms with Crippen LogP contribution in [-0.4, -0.2) is 66.4 Å². The lowest BCUT2D eigenvalue weighted by Crippen LogP contribution is -2.46. The third-order valence-corrected chi connectivity index (χ3v) is 5.10. The zero-order chi connectivity index (χ0) is 15.9. The molecule has 2 saturated heterocycles. The van der Waals surface area contributed by atoms with E-state index in [4.69, 9.17) is 4.74 Å². The molecule has 0 spiro atoms. The molecule has 0 aliphatic carbocycles. The first kappa shape index (κ1) is 16.9. The van der Waals surface area contributed by atoms with Gasteiger partial charge in [0, 0.05) is 12.6 Å². The van der Waals surface area contributed by atoms with Crippen molar-refractivity contribution in [3.8, 4) is 0 Å². The monoisotopic (exact) mass is 318 g/mol. The minimum absolute atomic E-state index is 0.387. The van der Waals surface area contributed by atoms with E-state index in [1.54, 1.807) is 0 Å². The Morgan fingerprint density at radius 3 is 2.43 bits per heavy atom. The SMILES string of the molecule is OC(COCc1ccccc1)CN1CCC(N2CCCC2)CC1. The Kier molecular flexibility index (Phi) is 6.46. The number of hydrogen-bond donors (Lipinski definition) is 1. The maximum absolute atomic E-state index is 10.2. The van der Waals surface area contributed by atoms with E-state index in [0.29, 0.717) is 13.2 Å². The fourth-order valence-electron chi connectivity index (χ4n) is 3.81. The van der Waals surface area contributed by atoms with E-state index in [2.05, 4.69) is 21.9 Å². The molecule has 1 unspecified atom stereocenters. The van der Waals surface area contributed by atoms with E-state index in [-0.39, 0.29) is 6.10 Å². The van der Waals surface area contributed by atoms with Gasteiger partial charge in [0.05, 0.1) is 19.3 Å². The van der Waals surface area contributed by atoms with E-state index < -0.39 is 0 Å². The topological polar surface area (TPSA) is 35.9 Å². The summed E-state index contributed by atoms with van der Waals surface area (Å²) < 4.78 is 5.64. The molecule has 0 bridgehead atoms. The van der Waals surface area contributed by atoms with Crippen LogP contribution in [0.1, 0.15) is 31.2 Å². The second-order valence-electron chi connectivity index (χ2n) is 6.93. The molecule has 2 aliphatic heterocycles. The smallest absolute Gasteiger partial charge is 0.0900 e. The number of benzene rings is 1. The summed E-state index contributed by atoms with van der Waals surface area (Å²) in [6.45, 7) is 6.53. The summed E-state index contributed by atoms with van der Waals surface area (Å²) in [5, 5.41) is 10.2. The normalized spacial score (nSPS) is 22.5. The first-order valence-electron chi connectivity index (χ1n) is 9.07. The maximum atomic E-state index is 10.2. The molecule has 1 aromatic carbocycles. The molecular weight excluding hydrogens is 288 g/mol. The van der Waals surface area contributed by atoms with Crippen molar-refractivity contribution in [2.75, 3.05) is 39.3 Å². The Bertz CT molecular complexity index is 440. The van der Waals surface area contributed by atoms with Gasteiger partial charge in [0.1, 0.15) is 0 Å². The average molecular weight is 318 g/mol. The Morgan fingerprint density at radius 1 is 1.04 bits per heavy atom. The van der Waals surface area contributed by atoms with Crippen molar-refractivity contribution in [1.29, 1.82) is 0 Å². The van der Waals surface area contributed by atoms with Gasteiger partial charge >= 0.3 is 0 Å².